The molecule has 0 atom stereocenters. The van der Waals surface area contributed by atoms with E-state index in [0.717, 1.165) is 43.5 Å². The average molecular weight is 329 g/mol. The summed E-state index contributed by atoms with van der Waals surface area (Å²) in [6.45, 7) is 6.00. The van der Waals surface area contributed by atoms with E-state index in [1.807, 2.05) is 39.0 Å². The summed E-state index contributed by atoms with van der Waals surface area (Å²) in [5.74, 6) is 1.37. The van der Waals surface area contributed by atoms with Gasteiger partial charge in [0.05, 0.1) is 23.9 Å². The van der Waals surface area contributed by atoms with Crippen molar-refractivity contribution in [3.05, 3.63) is 52.0 Å². The summed E-state index contributed by atoms with van der Waals surface area (Å²) >= 11 is 1.53. The predicted octanol–water partition coefficient (Wildman–Crippen LogP) is 3.42. The molecule has 2 aromatic heterocycles. The number of thioether (sulfide) groups is 1. The summed E-state index contributed by atoms with van der Waals surface area (Å²) in [4.78, 5) is 7.81. The molecule has 5 nitrogen and oxygen atoms in total. The molecule has 1 aromatic carbocycles. The van der Waals surface area contributed by atoms with Gasteiger partial charge in [-0.1, -0.05) is 11.8 Å². The summed E-state index contributed by atoms with van der Waals surface area (Å²) in [6, 6.07) is 5.72. The quantitative estimate of drug-likeness (QED) is 0.452. The minimum Gasteiger partial charge on any atom is -0.618 e. The lowest BCUT2D eigenvalue weighted by atomic mass is 10.1. The Hall–Kier alpha value is -2.21. The van der Waals surface area contributed by atoms with Crippen molar-refractivity contribution in [3.63, 3.8) is 0 Å². The molecule has 0 unspecified atom stereocenters. The number of hydrogen-bond acceptors (Lipinski definition) is 4. The van der Waals surface area contributed by atoms with E-state index in [9.17, 15) is 5.21 Å². The summed E-state index contributed by atoms with van der Waals surface area (Å²) in [5, 5.41) is 12.9. The minimum atomic E-state index is 0.577. The third kappa shape index (κ3) is 2.99. The third-order valence-corrected chi connectivity index (χ3v) is 5.06. The number of imidazole rings is 1. The first-order valence-corrected chi connectivity index (χ1v) is 8.33. The van der Waals surface area contributed by atoms with E-state index in [2.05, 4.69) is 9.97 Å². The van der Waals surface area contributed by atoms with E-state index >= 15 is 0 Å². The van der Waals surface area contributed by atoms with Crippen LogP contribution in [-0.4, -0.2) is 17.1 Å². The van der Waals surface area contributed by atoms with Crippen LogP contribution in [0.5, 0.6) is 5.75 Å². The lowest BCUT2D eigenvalue weighted by Crippen LogP contribution is -2.33. The number of ether oxygens (including phenoxy) is 1. The van der Waals surface area contributed by atoms with Crippen LogP contribution in [0.15, 0.2) is 29.6 Å². The Kier molecular flexibility index (Phi) is 4.17. The molecule has 0 bridgehead atoms. The maximum atomic E-state index is 12.1. The van der Waals surface area contributed by atoms with Gasteiger partial charge in [-0.3, -0.25) is 0 Å². The molecule has 6 heteroatoms. The topological polar surface area (TPSA) is 64.8 Å². The number of aromatic amines is 1. The molecule has 0 fully saturated rings. The minimum absolute atomic E-state index is 0.577. The number of H-pyrrole nitrogens is 1. The molecule has 0 spiro atoms. The second-order valence-electron chi connectivity index (χ2n) is 5.55. The van der Waals surface area contributed by atoms with Crippen molar-refractivity contribution in [2.24, 2.45) is 0 Å². The Morgan fingerprint density at radius 3 is 2.78 bits per heavy atom. The van der Waals surface area contributed by atoms with E-state index in [4.69, 9.17) is 4.74 Å². The van der Waals surface area contributed by atoms with Gasteiger partial charge in [0.1, 0.15) is 5.75 Å². The van der Waals surface area contributed by atoms with Crippen LogP contribution in [0.25, 0.3) is 11.0 Å². The number of nitrogens with zero attached hydrogens (tertiary/aromatic N) is 2. The number of aryl methyl sites for hydroxylation is 1. The third-order valence-electron chi connectivity index (χ3n) is 4.18. The molecule has 0 aliphatic rings. The average Bonchev–Trinajstić information content (AvgIpc) is 2.94. The van der Waals surface area contributed by atoms with Gasteiger partial charge in [0.2, 0.25) is 5.69 Å². The molecule has 1 N–H and O–H groups in total. The molecule has 3 aromatic rings. The van der Waals surface area contributed by atoms with Crippen LogP contribution in [0.4, 0.5) is 0 Å². The molecular weight excluding hydrogens is 310 g/mol. The molecule has 0 radical (unpaired) electrons. The molecule has 3 rings (SSSR count). The van der Waals surface area contributed by atoms with Crippen molar-refractivity contribution in [3.8, 4) is 5.75 Å². The van der Waals surface area contributed by atoms with Crippen LogP contribution in [0.2, 0.25) is 0 Å². The number of nitrogens with one attached hydrogen (secondary N) is 1. The van der Waals surface area contributed by atoms with Gasteiger partial charge in [-0.25, -0.2) is 4.98 Å². The summed E-state index contributed by atoms with van der Waals surface area (Å²) < 4.78 is 6.19. The number of hydrogen-bond donors (Lipinski definition) is 1. The van der Waals surface area contributed by atoms with Gasteiger partial charge in [0, 0.05) is 17.2 Å². The fourth-order valence-corrected chi connectivity index (χ4v) is 3.46. The lowest BCUT2D eigenvalue weighted by Gasteiger charge is -2.11. The molecule has 120 valence electrons. The highest BCUT2D eigenvalue weighted by molar-refractivity contribution is 7.98. The first-order chi connectivity index (χ1) is 11.0. The SMILES string of the molecule is COc1ccc2nc(SCc3c(C)c(C)c(C)c[n+]3[O-])[nH]c2c1. The Balaban J connectivity index is 1.85. The van der Waals surface area contributed by atoms with Crippen LogP contribution in [0.3, 0.4) is 0 Å². The second kappa shape index (κ2) is 6.12. The van der Waals surface area contributed by atoms with Crippen LogP contribution >= 0.6 is 11.8 Å². The fourth-order valence-electron chi connectivity index (χ4n) is 2.50. The van der Waals surface area contributed by atoms with Crippen molar-refractivity contribution in [2.75, 3.05) is 7.11 Å². The zero-order valence-corrected chi connectivity index (χ0v) is 14.5. The molecule has 0 amide bonds. The van der Waals surface area contributed by atoms with E-state index in [1.54, 1.807) is 13.3 Å². The number of methoxy groups -OCH3 is 1. The standard InChI is InChI=1S/C17H19N3O2S/c1-10-8-20(21)16(12(3)11(10)2)9-23-17-18-14-6-5-13(22-4)7-15(14)19-17/h5-8H,9H2,1-4H3,(H,18,19). The Morgan fingerprint density at radius 1 is 1.26 bits per heavy atom. The van der Waals surface area contributed by atoms with Gasteiger partial charge >= 0.3 is 0 Å². The van der Waals surface area contributed by atoms with E-state index in [1.165, 1.54) is 17.3 Å². The lowest BCUT2D eigenvalue weighted by molar-refractivity contribution is -0.613. The Morgan fingerprint density at radius 2 is 2.04 bits per heavy atom. The van der Waals surface area contributed by atoms with E-state index in [-0.39, 0.29) is 0 Å². The highest BCUT2D eigenvalue weighted by Crippen LogP contribution is 2.26. The van der Waals surface area contributed by atoms with Crippen molar-refractivity contribution < 1.29 is 9.47 Å². The Bertz CT molecular complexity index is 874. The van der Waals surface area contributed by atoms with E-state index in [0.29, 0.717) is 5.75 Å². The fraction of sp³-hybridized carbons (Fsp3) is 0.294. The van der Waals surface area contributed by atoms with Gasteiger partial charge in [0.25, 0.3) is 0 Å². The number of pyridine rings is 1. The van der Waals surface area contributed by atoms with Gasteiger partial charge in [0.15, 0.2) is 11.4 Å². The molecule has 0 saturated carbocycles. The monoisotopic (exact) mass is 329 g/mol. The second-order valence-corrected chi connectivity index (χ2v) is 6.51. The summed E-state index contributed by atoms with van der Waals surface area (Å²) in [5.41, 5.74) is 5.82. The van der Waals surface area contributed by atoms with Crippen LogP contribution in [0, 0.1) is 26.0 Å². The zero-order chi connectivity index (χ0) is 16.6. The van der Waals surface area contributed by atoms with Crippen molar-refractivity contribution in [1.82, 2.24) is 9.97 Å². The smallest absolute Gasteiger partial charge is 0.206 e. The van der Waals surface area contributed by atoms with Crippen molar-refractivity contribution in [1.29, 1.82) is 0 Å². The highest BCUT2D eigenvalue weighted by Gasteiger charge is 2.16. The maximum Gasteiger partial charge on any atom is 0.206 e. The van der Waals surface area contributed by atoms with Crippen molar-refractivity contribution >= 4 is 22.8 Å². The molecule has 0 saturated heterocycles. The molecular formula is C17H19N3O2S. The van der Waals surface area contributed by atoms with Gasteiger partial charge in [-0.05, 0) is 38.5 Å². The van der Waals surface area contributed by atoms with Crippen LogP contribution < -0.4 is 9.47 Å². The largest absolute Gasteiger partial charge is 0.618 e. The number of fused-ring (bicyclic) bond motifs is 1. The van der Waals surface area contributed by atoms with Gasteiger partial charge < -0.3 is 14.9 Å². The highest BCUT2D eigenvalue weighted by atomic mass is 32.2. The summed E-state index contributed by atoms with van der Waals surface area (Å²) in [7, 11) is 1.64. The predicted molar refractivity (Wildman–Crippen MR) is 91.8 cm³/mol. The van der Waals surface area contributed by atoms with Crippen molar-refractivity contribution in [2.45, 2.75) is 31.7 Å². The first-order valence-electron chi connectivity index (χ1n) is 7.35. The molecule has 23 heavy (non-hydrogen) atoms. The Labute approximate surface area is 139 Å². The molecule has 0 aliphatic carbocycles. The first kappa shape index (κ1) is 15.7. The van der Waals surface area contributed by atoms with Gasteiger partial charge in [-0.15, -0.1) is 0 Å². The van der Waals surface area contributed by atoms with Crippen LogP contribution in [0.1, 0.15) is 22.4 Å². The summed E-state index contributed by atoms with van der Waals surface area (Å²) in [6.07, 6.45) is 1.64. The molecule has 2 heterocycles. The normalized spacial score (nSPS) is 11.1. The number of aromatic nitrogens is 3. The van der Waals surface area contributed by atoms with Gasteiger partial charge in [-0.2, -0.15) is 4.73 Å². The van der Waals surface area contributed by atoms with Crippen LogP contribution in [-0.2, 0) is 5.75 Å². The van der Waals surface area contributed by atoms with E-state index < -0.39 is 0 Å². The maximum absolute atomic E-state index is 12.1. The number of benzene rings is 1. The number of rotatable bonds is 4. The molecule has 0 aliphatic heterocycles. The zero-order valence-electron chi connectivity index (χ0n) is 13.6.